The van der Waals surface area contributed by atoms with Crippen molar-refractivity contribution in [1.29, 1.82) is 0 Å². The van der Waals surface area contributed by atoms with Crippen LogP contribution < -0.4 is 5.32 Å². The average Bonchev–Trinajstić information content (AvgIpc) is 2.40. The van der Waals surface area contributed by atoms with E-state index in [1.807, 2.05) is 0 Å². The Hall–Kier alpha value is -2.23. The molecule has 0 unspecified atom stereocenters. The number of amides is 1. The van der Waals surface area contributed by atoms with Gasteiger partial charge in [0.1, 0.15) is 11.6 Å². The second kappa shape index (κ2) is 6.28. The summed E-state index contributed by atoms with van der Waals surface area (Å²) in [5, 5.41) is 2.72. The molecule has 4 heteroatoms. The predicted molar refractivity (Wildman–Crippen MR) is 74.5 cm³/mol. The molecule has 0 atom stereocenters. The van der Waals surface area contributed by atoms with Crippen LogP contribution in [0.3, 0.4) is 0 Å². The van der Waals surface area contributed by atoms with E-state index < -0.39 is 0 Å². The highest BCUT2D eigenvalue weighted by Crippen LogP contribution is 2.16. The van der Waals surface area contributed by atoms with Crippen molar-refractivity contribution in [3.8, 4) is 0 Å². The van der Waals surface area contributed by atoms with Gasteiger partial charge in [0, 0.05) is 12.1 Å². The van der Waals surface area contributed by atoms with Crippen LogP contribution >= 0.6 is 0 Å². The smallest absolute Gasteiger partial charge is 0.224 e. The number of hydrogen-bond acceptors (Lipinski definition) is 1. The third-order valence-electron chi connectivity index (χ3n) is 2.99. The Morgan fingerprint density at radius 2 is 1.85 bits per heavy atom. The molecule has 0 fully saturated rings. The highest BCUT2D eigenvalue weighted by atomic mass is 19.1. The lowest BCUT2D eigenvalue weighted by atomic mass is 10.1. The lowest BCUT2D eigenvalue weighted by Crippen LogP contribution is -2.13. The minimum absolute atomic E-state index is 0.177. The number of nitrogens with one attached hydrogen (secondary N) is 1. The number of benzene rings is 2. The fourth-order valence-corrected chi connectivity index (χ4v) is 1.93. The molecule has 104 valence electrons. The van der Waals surface area contributed by atoms with Crippen LogP contribution in [0.15, 0.2) is 42.5 Å². The van der Waals surface area contributed by atoms with Crippen molar-refractivity contribution in [3.05, 3.63) is 65.2 Å². The summed E-state index contributed by atoms with van der Waals surface area (Å²) in [5.74, 6) is -0.818. The first-order chi connectivity index (χ1) is 9.54. The van der Waals surface area contributed by atoms with Crippen molar-refractivity contribution in [3.63, 3.8) is 0 Å². The summed E-state index contributed by atoms with van der Waals surface area (Å²) in [6.07, 6.45) is 0.712. The zero-order chi connectivity index (χ0) is 14.5. The number of carbonyl (C=O) groups is 1. The van der Waals surface area contributed by atoms with E-state index >= 15 is 0 Å². The number of halogens is 2. The molecule has 20 heavy (non-hydrogen) atoms. The molecule has 0 spiro atoms. The highest BCUT2D eigenvalue weighted by molar-refractivity contribution is 5.91. The molecule has 0 aromatic heterocycles. The standard InChI is InChI=1S/C16H15F2NO/c1-11-9-14(18)6-7-15(11)19-16(20)8-5-12-3-2-4-13(17)10-12/h2-4,6-7,9-10H,5,8H2,1H3,(H,19,20). The maximum Gasteiger partial charge on any atom is 0.224 e. The number of rotatable bonds is 4. The first-order valence-electron chi connectivity index (χ1n) is 6.35. The van der Waals surface area contributed by atoms with Crippen molar-refractivity contribution < 1.29 is 13.6 Å². The minimum atomic E-state index is -0.333. The van der Waals surface area contributed by atoms with Crippen LogP contribution in [0.2, 0.25) is 0 Å². The molecule has 0 bridgehead atoms. The van der Waals surface area contributed by atoms with Gasteiger partial charge in [-0.05, 0) is 54.8 Å². The largest absolute Gasteiger partial charge is 0.326 e. The fourth-order valence-electron chi connectivity index (χ4n) is 1.93. The number of anilines is 1. The van der Waals surface area contributed by atoms with Gasteiger partial charge in [0.15, 0.2) is 0 Å². The Kier molecular flexibility index (Phi) is 4.45. The molecule has 1 N–H and O–H groups in total. The van der Waals surface area contributed by atoms with Gasteiger partial charge in [-0.1, -0.05) is 12.1 Å². The third kappa shape index (κ3) is 3.88. The number of carbonyl (C=O) groups excluding carboxylic acids is 1. The molecular formula is C16H15F2NO. The second-order valence-corrected chi connectivity index (χ2v) is 4.64. The number of aryl methyl sites for hydroxylation is 2. The second-order valence-electron chi connectivity index (χ2n) is 4.64. The molecule has 2 aromatic carbocycles. The van der Waals surface area contributed by atoms with Gasteiger partial charge in [-0.15, -0.1) is 0 Å². The average molecular weight is 275 g/mol. The molecule has 2 aromatic rings. The summed E-state index contributed by atoms with van der Waals surface area (Å²) >= 11 is 0. The van der Waals surface area contributed by atoms with E-state index in [1.54, 1.807) is 19.1 Å². The summed E-state index contributed by atoms with van der Waals surface area (Å²) < 4.78 is 25.9. The van der Waals surface area contributed by atoms with Gasteiger partial charge in [0.2, 0.25) is 5.91 Å². The normalized spacial score (nSPS) is 10.3. The van der Waals surface area contributed by atoms with Gasteiger partial charge in [0.25, 0.3) is 0 Å². The summed E-state index contributed by atoms with van der Waals surface area (Å²) in [6, 6.07) is 10.4. The van der Waals surface area contributed by atoms with Crippen LogP contribution in [0.1, 0.15) is 17.5 Å². The van der Waals surface area contributed by atoms with Crippen LogP contribution in [0.25, 0.3) is 0 Å². The van der Waals surface area contributed by atoms with Gasteiger partial charge in [0.05, 0.1) is 0 Å². The Labute approximate surface area is 116 Å². The molecule has 0 saturated heterocycles. The van der Waals surface area contributed by atoms with Gasteiger partial charge >= 0.3 is 0 Å². The zero-order valence-electron chi connectivity index (χ0n) is 11.1. The summed E-state index contributed by atoms with van der Waals surface area (Å²) in [7, 11) is 0. The topological polar surface area (TPSA) is 29.1 Å². The van der Waals surface area contributed by atoms with E-state index in [0.717, 1.165) is 5.56 Å². The SMILES string of the molecule is Cc1cc(F)ccc1NC(=O)CCc1cccc(F)c1. The zero-order valence-corrected chi connectivity index (χ0v) is 11.1. The molecular weight excluding hydrogens is 260 g/mol. The lowest BCUT2D eigenvalue weighted by Gasteiger charge is -2.08. The Bertz CT molecular complexity index is 626. The van der Waals surface area contributed by atoms with Crippen molar-refractivity contribution in [1.82, 2.24) is 0 Å². The minimum Gasteiger partial charge on any atom is -0.326 e. The highest BCUT2D eigenvalue weighted by Gasteiger charge is 2.06. The van der Waals surface area contributed by atoms with Crippen LogP contribution in [0, 0.1) is 18.6 Å². The quantitative estimate of drug-likeness (QED) is 0.902. The van der Waals surface area contributed by atoms with Crippen LogP contribution in [0.5, 0.6) is 0 Å². The van der Waals surface area contributed by atoms with Gasteiger partial charge in [-0.3, -0.25) is 4.79 Å². The monoisotopic (exact) mass is 275 g/mol. The van der Waals surface area contributed by atoms with Crippen LogP contribution in [0.4, 0.5) is 14.5 Å². The molecule has 0 aliphatic rings. The van der Waals surface area contributed by atoms with Gasteiger partial charge in [-0.2, -0.15) is 0 Å². The molecule has 0 aliphatic carbocycles. The van der Waals surface area contributed by atoms with Gasteiger partial charge in [-0.25, -0.2) is 8.78 Å². The lowest BCUT2D eigenvalue weighted by molar-refractivity contribution is -0.116. The maximum absolute atomic E-state index is 13.0. The first kappa shape index (κ1) is 14.2. The Balaban J connectivity index is 1.92. The van der Waals surface area contributed by atoms with Crippen LogP contribution in [-0.4, -0.2) is 5.91 Å². The first-order valence-corrected chi connectivity index (χ1v) is 6.35. The van der Waals surface area contributed by atoms with Crippen molar-refractivity contribution in [2.24, 2.45) is 0 Å². The van der Waals surface area contributed by atoms with E-state index in [1.165, 1.54) is 30.3 Å². The molecule has 0 saturated carbocycles. The third-order valence-corrected chi connectivity index (χ3v) is 2.99. The van der Waals surface area contributed by atoms with E-state index in [0.29, 0.717) is 17.7 Å². The fraction of sp³-hybridized carbons (Fsp3) is 0.188. The van der Waals surface area contributed by atoms with Gasteiger partial charge < -0.3 is 5.32 Å². The van der Waals surface area contributed by atoms with E-state index in [4.69, 9.17) is 0 Å². The Morgan fingerprint density at radius 3 is 2.55 bits per heavy atom. The number of hydrogen-bond donors (Lipinski definition) is 1. The molecule has 2 rings (SSSR count). The maximum atomic E-state index is 13.0. The predicted octanol–water partition coefficient (Wildman–Crippen LogP) is 3.84. The Morgan fingerprint density at radius 1 is 1.10 bits per heavy atom. The van der Waals surface area contributed by atoms with Crippen LogP contribution in [-0.2, 0) is 11.2 Å². The molecule has 0 radical (unpaired) electrons. The molecule has 1 amide bonds. The van der Waals surface area contributed by atoms with E-state index in [9.17, 15) is 13.6 Å². The summed E-state index contributed by atoms with van der Waals surface area (Å²) in [5.41, 5.74) is 2.04. The molecule has 0 heterocycles. The van der Waals surface area contributed by atoms with E-state index in [2.05, 4.69) is 5.32 Å². The molecule has 0 aliphatic heterocycles. The van der Waals surface area contributed by atoms with Crippen molar-refractivity contribution >= 4 is 11.6 Å². The summed E-state index contributed by atoms with van der Waals surface area (Å²) in [4.78, 5) is 11.8. The van der Waals surface area contributed by atoms with Crippen molar-refractivity contribution in [2.45, 2.75) is 19.8 Å². The van der Waals surface area contributed by atoms with E-state index in [-0.39, 0.29) is 24.0 Å². The van der Waals surface area contributed by atoms with Crippen molar-refractivity contribution in [2.75, 3.05) is 5.32 Å². The summed E-state index contributed by atoms with van der Waals surface area (Å²) in [6.45, 7) is 1.73. The molecule has 2 nitrogen and oxygen atoms in total.